The Kier molecular flexibility index (Phi) is 4.90. The van der Waals surface area contributed by atoms with E-state index in [1.807, 2.05) is 10.6 Å². The Bertz CT molecular complexity index is 1240. The van der Waals surface area contributed by atoms with Gasteiger partial charge in [-0.05, 0) is 48.7 Å². The predicted molar refractivity (Wildman–Crippen MR) is 117 cm³/mol. The largest absolute Gasteiger partial charge is 0.401 e. The highest BCUT2D eigenvalue weighted by Gasteiger charge is 2.54. The van der Waals surface area contributed by atoms with E-state index in [-0.39, 0.29) is 24.4 Å². The van der Waals surface area contributed by atoms with Gasteiger partial charge in [-0.2, -0.15) is 17.6 Å². The lowest BCUT2D eigenvalue weighted by Gasteiger charge is -2.59. The lowest BCUT2D eigenvalue weighted by Crippen LogP contribution is -2.62. The molecule has 0 amide bonds. The maximum absolute atomic E-state index is 13.5. The number of pyridine rings is 1. The number of alkyl halides is 3. The molecule has 2 aromatic heterocycles. The maximum Gasteiger partial charge on any atom is 0.401 e. The van der Waals surface area contributed by atoms with Crippen molar-refractivity contribution in [2.45, 2.75) is 38.0 Å². The van der Waals surface area contributed by atoms with Crippen molar-refractivity contribution in [3.63, 3.8) is 0 Å². The first-order valence-electron chi connectivity index (χ1n) is 11.1. The summed E-state index contributed by atoms with van der Waals surface area (Å²) in [6.07, 6.45) is -2.53. The molecule has 1 aromatic carbocycles. The number of nitrogens with zero attached hydrogens (tertiary/aromatic N) is 6. The monoisotopic (exact) mass is 492 g/mol. The van der Waals surface area contributed by atoms with Crippen LogP contribution < -0.4 is 4.90 Å². The number of aromatic nitrogens is 4. The lowest BCUT2D eigenvalue weighted by atomic mass is 9.57. The SMILES string of the molecule is Fc1cccc(N2CC3(CC(c4nnc5n4-c4ccc(Cl)cc4CN(CC(F)(F)F)C5)C3)C2)n1. The zero-order chi connectivity index (χ0) is 23.7. The first-order valence-corrected chi connectivity index (χ1v) is 11.5. The molecule has 2 aliphatic heterocycles. The minimum Gasteiger partial charge on any atom is -0.355 e. The molecule has 4 heterocycles. The fourth-order valence-corrected chi connectivity index (χ4v) is 5.84. The molecule has 1 saturated heterocycles. The van der Waals surface area contributed by atoms with Crippen LogP contribution in [0.3, 0.4) is 0 Å². The van der Waals surface area contributed by atoms with Gasteiger partial charge in [0.2, 0.25) is 5.95 Å². The Morgan fingerprint density at radius 1 is 1.06 bits per heavy atom. The van der Waals surface area contributed by atoms with Crippen LogP contribution >= 0.6 is 11.6 Å². The van der Waals surface area contributed by atoms with E-state index in [1.54, 1.807) is 24.3 Å². The molecule has 2 fully saturated rings. The van der Waals surface area contributed by atoms with Gasteiger partial charge in [0.15, 0.2) is 5.82 Å². The quantitative estimate of drug-likeness (QED) is 0.391. The third-order valence-electron chi connectivity index (χ3n) is 7.00. The molecule has 1 saturated carbocycles. The van der Waals surface area contributed by atoms with Gasteiger partial charge in [0.1, 0.15) is 11.6 Å². The molecule has 6 rings (SSSR count). The molecular weight excluding hydrogens is 472 g/mol. The summed E-state index contributed by atoms with van der Waals surface area (Å²) in [4.78, 5) is 7.35. The van der Waals surface area contributed by atoms with Crippen molar-refractivity contribution in [1.29, 1.82) is 0 Å². The molecule has 34 heavy (non-hydrogen) atoms. The molecular formula is C23H21ClF4N6. The van der Waals surface area contributed by atoms with E-state index >= 15 is 0 Å². The molecule has 0 unspecified atom stereocenters. The number of hydrogen-bond acceptors (Lipinski definition) is 5. The first-order chi connectivity index (χ1) is 16.2. The van der Waals surface area contributed by atoms with Crippen molar-refractivity contribution in [2.24, 2.45) is 5.41 Å². The smallest absolute Gasteiger partial charge is 0.355 e. The topological polar surface area (TPSA) is 50.1 Å². The summed E-state index contributed by atoms with van der Waals surface area (Å²) in [5.74, 6) is 1.58. The van der Waals surface area contributed by atoms with Crippen LogP contribution in [0.4, 0.5) is 23.4 Å². The van der Waals surface area contributed by atoms with Crippen molar-refractivity contribution < 1.29 is 17.6 Å². The van der Waals surface area contributed by atoms with Gasteiger partial charge in [-0.3, -0.25) is 9.47 Å². The Balaban J connectivity index is 1.24. The van der Waals surface area contributed by atoms with Crippen LogP contribution in [0, 0.1) is 11.4 Å². The molecule has 0 N–H and O–H groups in total. The highest BCUT2D eigenvalue weighted by molar-refractivity contribution is 6.30. The van der Waals surface area contributed by atoms with Crippen molar-refractivity contribution >= 4 is 17.4 Å². The van der Waals surface area contributed by atoms with Gasteiger partial charge < -0.3 is 4.90 Å². The fraction of sp³-hybridized carbons (Fsp3) is 0.435. The highest BCUT2D eigenvalue weighted by Crippen LogP contribution is 2.56. The Labute approximate surface area is 198 Å². The second-order valence-electron chi connectivity index (χ2n) is 9.62. The van der Waals surface area contributed by atoms with Gasteiger partial charge in [-0.15, -0.1) is 10.2 Å². The molecule has 0 atom stereocenters. The van der Waals surface area contributed by atoms with Crippen molar-refractivity contribution in [3.05, 3.63) is 64.6 Å². The van der Waals surface area contributed by atoms with Crippen molar-refractivity contribution in [2.75, 3.05) is 24.5 Å². The van der Waals surface area contributed by atoms with Gasteiger partial charge in [0, 0.05) is 36.0 Å². The van der Waals surface area contributed by atoms with Gasteiger partial charge >= 0.3 is 6.18 Å². The third kappa shape index (κ3) is 3.82. The molecule has 3 aliphatic rings. The standard InChI is InChI=1S/C23H21ClF4N6/c24-16-4-5-17-14(6-16)9-32(13-23(26,27)28)10-20-30-31-21(34(17)20)15-7-22(8-15)11-33(12-22)19-3-1-2-18(25)29-19/h1-6,15H,7-13H2. The zero-order valence-electron chi connectivity index (χ0n) is 18.1. The van der Waals surface area contributed by atoms with E-state index in [4.69, 9.17) is 11.6 Å². The minimum absolute atomic E-state index is 0.0513. The van der Waals surface area contributed by atoms with Gasteiger partial charge in [-0.1, -0.05) is 17.7 Å². The Morgan fingerprint density at radius 2 is 1.85 bits per heavy atom. The van der Waals surface area contributed by atoms with E-state index in [2.05, 4.69) is 20.1 Å². The van der Waals surface area contributed by atoms with E-state index in [9.17, 15) is 17.6 Å². The van der Waals surface area contributed by atoms with E-state index in [0.717, 1.165) is 43.0 Å². The maximum atomic E-state index is 13.5. The highest BCUT2D eigenvalue weighted by atomic mass is 35.5. The van der Waals surface area contributed by atoms with E-state index in [1.165, 1.54) is 11.0 Å². The number of benzene rings is 1. The molecule has 11 heteroatoms. The van der Waals surface area contributed by atoms with Crippen LogP contribution in [-0.4, -0.2) is 50.5 Å². The van der Waals surface area contributed by atoms with Gasteiger partial charge in [0.05, 0.1) is 18.8 Å². The van der Waals surface area contributed by atoms with E-state index in [0.29, 0.717) is 16.7 Å². The van der Waals surface area contributed by atoms with Gasteiger partial charge in [-0.25, -0.2) is 4.98 Å². The van der Waals surface area contributed by atoms with Crippen LogP contribution in [-0.2, 0) is 13.1 Å². The molecule has 3 aromatic rings. The fourth-order valence-electron chi connectivity index (χ4n) is 5.65. The Morgan fingerprint density at radius 3 is 2.59 bits per heavy atom. The number of halogens is 5. The van der Waals surface area contributed by atoms with Gasteiger partial charge in [0.25, 0.3) is 0 Å². The number of rotatable bonds is 3. The summed E-state index contributed by atoms with van der Waals surface area (Å²) in [5.41, 5.74) is 1.63. The predicted octanol–water partition coefficient (Wildman–Crippen LogP) is 4.72. The molecule has 1 spiro atoms. The summed E-state index contributed by atoms with van der Waals surface area (Å²) in [5, 5.41) is 9.20. The van der Waals surface area contributed by atoms with E-state index < -0.39 is 18.7 Å². The average molecular weight is 493 g/mol. The number of anilines is 1. The minimum atomic E-state index is -4.32. The van der Waals surface area contributed by atoms with Crippen LogP contribution in [0.2, 0.25) is 5.02 Å². The summed E-state index contributed by atoms with van der Waals surface area (Å²) < 4.78 is 54.9. The average Bonchev–Trinajstić information content (AvgIpc) is 3.01. The second-order valence-corrected chi connectivity index (χ2v) is 10.1. The number of hydrogen-bond donors (Lipinski definition) is 0. The third-order valence-corrected chi connectivity index (χ3v) is 7.24. The normalized spacial score (nSPS) is 19.9. The number of fused-ring (bicyclic) bond motifs is 3. The molecule has 1 aliphatic carbocycles. The summed E-state index contributed by atoms with van der Waals surface area (Å²) in [6, 6.07) is 10.1. The molecule has 6 nitrogen and oxygen atoms in total. The summed E-state index contributed by atoms with van der Waals surface area (Å²) in [6.45, 7) is 0.745. The van der Waals surface area contributed by atoms with Crippen LogP contribution in [0.25, 0.3) is 5.69 Å². The molecule has 178 valence electrons. The van der Waals surface area contributed by atoms with Crippen LogP contribution in [0.15, 0.2) is 36.4 Å². The lowest BCUT2D eigenvalue weighted by molar-refractivity contribution is -0.148. The zero-order valence-corrected chi connectivity index (χ0v) is 18.8. The van der Waals surface area contributed by atoms with Crippen LogP contribution in [0.1, 0.15) is 36.0 Å². The molecule has 0 radical (unpaired) electrons. The van der Waals surface area contributed by atoms with Crippen molar-refractivity contribution in [1.82, 2.24) is 24.6 Å². The summed E-state index contributed by atoms with van der Waals surface area (Å²) in [7, 11) is 0. The molecule has 0 bridgehead atoms. The van der Waals surface area contributed by atoms with Crippen molar-refractivity contribution in [3.8, 4) is 5.69 Å². The second kappa shape index (κ2) is 7.64. The Hall–Kier alpha value is -2.72. The van der Waals surface area contributed by atoms with Crippen LogP contribution in [0.5, 0.6) is 0 Å². The summed E-state index contributed by atoms with van der Waals surface area (Å²) >= 11 is 6.18. The first kappa shape index (κ1) is 21.8.